The van der Waals surface area contributed by atoms with Crippen molar-refractivity contribution in [3.63, 3.8) is 0 Å². The second kappa shape index (κ2) is 7.74. The molecule has 5 heteroatoms. The third kappa shape index (κ3) is 6.20. The van der Waals surface area contributed by atoms with Crippen LogP contribution in [-0.4, -0.2) is 23.5 Å². The number of hydrogen-bond acceptors (Lipinski definition) is 3. The first-order valence-corrected chi connectivity index (χ1v) is 6.73. The molecule has 0 saturated heterocycles. The van der Waals surface area contributed by atoms with Crippen molar-refractivity contribution < 1.29 is 9.53 Å². The van der Waals surface area contributed by atoms with Crippen molar-refractivity contribution in [3.05, 3.63) is 29.8 Å². The van der Waals surface area contributed by atoms with E-state index in [-0.39, 0.29) is 12.0 Å². The SMILES string of the molecule is CC(C)Oc1cccc(C(=O)NCCCC(N)=S)c1. The van der Waals surface area contributed by atoms with Crippen molar-refractivity contribution in [2.24, 2.45) is 5.73 Å². The Bertz CT molecular complexity index is 447. The number of rotatable bonds is 7. The van der Waals surface area contributed by atoms with Crippen molar-refractivity contribution in [2.45, 2.75) is 32.8 Å². The first-order valence-electron chi connectivity index (χ1n) is 6.32. The molecule has 0 spiro atoms. The van der Waals surface area contributed by atoms with Crippen LogP contribution in [0.5, 0.6) is 5.75 Å². The second-order valence-corrected chi connectivity index (χ2v) is 5.04. The van der Waals surface area contributed by atoms with Gasteiger partial charge >= 0.3 is 0 Å². The number of thiocarbonyl (C=S) groups is 1. The summed E-state index contributed by atoms with van der Waals surface area (Å²) in [6.45, 7) is 4.45. The average Bonchev–Trinajstić information content (AvgIpc) is 2.33. The standard InChI is InChI=1S/C14H20N2O2S/c1-10(2)18-12-6-3-5-11(9-12)14(17)16-8-4-7-13(15)19/h3,5-6,9-10H,4,7-8H2,1-2H3,(H2,15,19)(H,16,17). The summed E-state index contributed by atoms with van der Waals surface area (Å²) in [5.41, 5.74) is 5.98. The Labute approximate surface area is 119 Å². The number of ether oxygens (including phenoxy) is 1. The fourth-order valence-corrected chi connectivity index (χ4v) is 1.69. The average molecular weight is 280 g/mol. The number of carbonyl (C=O) groups is 1. The zero-order valence-corrected chi connectivity index (χ0v) is 12.1. The van der Waals surface area contributed by atoms with E-state index in [1.165, 1.54) is 0 Å². The highest BCUT2D eigenvalue weighted by molar-refractivity contribution is 7.80. The Kier molecular flexibility index (Phi) is 6.29. The van der Waals surface area contributed by atoms with Gasteiger partial charge in [0, 0.05) is 12.1 Å². The van der Waals surface area contributed by atoms with Crippen LogP contribution in [-0.2, 0) is 0 Å². The fourth-order valence-electron chi connectivity index (χ4n) is 1.55. The van der Waals surface area contributed by atoms with Gasteiger partial charge in [-0.2, -0.15) is 0 Å². The second-order valence-electron chi connectivity index (χ2n) is 4.52. The van der Waals surface area contributed by atoms with E-state index in [4.69, 9.17) is 22.7 Å². The first kappa shape index (κ1) is 15.4. The van der Waals surface area contributed by atoms with Gasteiger partial charge in [0.05, 0.1) is 11.1 Å². The summed E-state index contributed by atoms with van der Waals surface area (Å²) in [4.78, 5) is 12.4. The van der Waals surface area contributed by atoms with E-state index in [2.05, 4.69) is 5.32 Å². The molecule has 0 atom stereocenters. The van der Waals surface area contributed by atoms with Gasteiger partial charge in [-0.1, -0.05) is 18.3 Å². The molecule has 3 N–H and O–H groups in total. The minimum absolute atomic E-state index is 0.0869. The van der Waals surface area contributed by atoms with Crippen molar-refractivity contribution >= 4 is 23.1 Å². The van der Waals surface area contributed by atoms with Gasteiger partial charge in [0.15, 0.2) is 0 Å². The zero-order valence-electron chi connectivity index (χ0n) is 11.3. The highest BCUT2D eigenvalue weighted by Crippen LogP contribution is 2.14. The van der Waals surface area contributed by atoms with Gasteiger partial charge in [0.2, 0.25) is 0 Å². The lowest BCUT2D eigenvalue weighted by molar-refractivity contribution is 0.0952. The van der Waals surface area contributed by atoms with Crippen LogP contribution in [0, 0.1) is 0 Å². The zero-order chi connectivity index (χ0) is 14.3. The van der Waals surface area contributed by atoms with E-state index >= 15 is 0 Å². The van der Waals surface area contributed by atoms with Crippen molar-refractivity contribution in [1.82, 2.24) is 5.32 Å². The van der Waals surface area contributed by atoms with Crippen LogP contribution in [0.1, 0.15) is 37.0 Å². The molecule has 4 nitrogen and oxygen atoms in total. The summed E-state index contributed by atoms with van der Waals surface area (Å²) >= 11 is 4.77. The predicted octanol–water partition coefficient (Wildman–Crippen LogP) is 2.27. The maximum Gasteiger partial charge on any atom is 0.251 e. The molecular weight excluding hydrogens is 260 g/mol. The Hall–Kier alpha value is -1.62. The first-order chi connectivity index (χ1) is 8.99. The quantitative estimate of drug-likeness (QED) is 0.594. The molecule has 19 heavy (non-hydrogen) atoms. The molecule has 0 bridgehead atoms. The molecule has 0 aliphatic carbocycles. The van der Waals surface area contributed by atoms with E-state index < -0.39 is 0 Å². The molecule has 0 radical (unpaired) electrons. The lowest BCUT2D eigenvalue weighted by Gasteiger charge is -2.11. The third-order valence-corrected chi connectivity index (χ3v) is 2.56. The van der Waals surface area contributed by atoms with Crippen LogP contribution < -0.4 is 15.8 Å². The molecule has 104 valence electrons. The molecule has 1 amide bonds. The smallest absolute Gasteiger partial charge is 0.251 e. The van der Waals surface area contributed by atoms with E-state index in [1.54, 1.807) is 12.1 Å². The van der Waals surface area contributed by atoms with Crippen LogP contribution in [0.3, 0.4) is 0 Å². The van der Waals surface area contributed by atoms with Crippen molar-refractivity contribution in [3.8, 4) is 5.75 Å². The van der Waals surface area contributed by atoms with Gasteiger partial charge in [-0.3, -0.25) is 4.79 Å². The van der Waals surface area contributed by atoms with Crippen LogP contribution in [0.4, 0.5) is 0 Å². The molecule has 0 unspecified atom stereocenters. The van der Waals surface area contributed by atoms with Crippen LogP contribution >= 0.6 is 12.2 Å². The summed E-state index contributed by atoms with van der Waals surface area (Å²) in [6.07, 6.45) is 1.49. The van der Waals surface area contributed by atoms with Gasteiger partial charge in [-0.05, 0) is 44.9 Å². The molecule has 0 heterocycles. The number of hydrogen-bond donors (Lipinski definition) is 2. The maximum atomic E-state index is 11.9. The number of benzene rings is 1. The number of amides is 1. The summed E-state index contributed by atoms with van der Waals surface area (Å²) in [7, 11) is 0. The Morgan fingerprint density at radius 2 is 2.21 bits per heavy atom. The molecule has 1 rings (SSSR count). The molecule has 0 aliphatic heterocycles. The van der Waals surface area contributed by atoms with E-state index in [0.717, 1.165) is 6.42 Å². The molecule has 0 fully saturated rings. The van der Waals surface area contributed by atoms with Gasteiger partial charge < -0.3 is 15.8 Å². The highest BCUT2D eigenvalue weighted by Gasteiger charge is 2.06. The topological polar surface area (TPSA) is 64.3 Å². The minimum Gasteiger partial charge on any atom is -0.491 e. The normalized spacial score (nSPS) is 10.3. The van der Waals surface area contributed by atoms with E-state index in [9.17, 15) is 4.79 Å². The summed E-state index contributed by atoms with van der Waals surface area (Å²) in [5.74, 6) is 0.586. The van der Waals surface area contributed by atoms with Crippen molar-refractivity contribution in [1.29, 1.82) is 0 Å². The minimum atomic E-state index is -0.114. The number of nitrogens with two attached hydrogens (primary N) is 1. The lowest BCUT2D eigenvalue weighted by Crippen LogP contribution is -2.25. The Balaban J connectivity index is 2.49. The van der Waals surface area contributed by atoms with Gasteiger partial charge in [-0.25, -0.2) is 0 Å². The van der Waals surface area contributed by atoms with Crippen molar-refractivity contribution in [2.75, 3.05) is 6.54 Å². The molecule has 0 aliphatic rings. The van der Waals surface area contributed by atoms with E-state index in [0.29, 0.717) is 29.3 Å². The fraction of sp³-hybridized carbons (Fsp3) is 0.429. The monoisotopic (exact) mass is 280 g/mol. The van der Waals surface area contributed by atoms with Crippen LogP contribution in [0.25, 0.3) is 0 Å². The molecule has 1 aromatic carbocycles. The summed E-state index contributed by atoms with van der Waals surface area (Å²) < 4.78 is 5.55. The molecule has 1 aromatic rings. The summed E-state index contributed by atoms with van der Waals surface area (Å²) in [5, 5.41) is 2.83. The maximum absolute atomic E-state index is 11.9. The number of nitrogens with one attached hydrogen (secondary N) is 1. The van der Waals surface area contributed by atoms with Crippen LogP contribution in [0.15, 0.2) is 24.3 Å². The van der Waals surface area contributed by atoms with Gasteiger partial charge in [0.1, 0.15) is 5.75 Å². The third-order valence-electron chi connectivity index (χ3n) is 2.35. The number of carbonyl (C=O) groups excluding carboxylic acids is 1. The molecular formula is C14H20N2O2S. The highest BCUT2D eigenvalue weighted by atomic mass is 32.1. The molecule has 0 saturated carbocycles. The lowest BCUT2D eigenvalue weighted by atomic mass is 10.2. The Morgan fingerprint density at radius 1 is 1.47 bits per heavy atom. The summed E-state index contributed by atoms with van der Waals surface area (Å²) in [6, 6.07) is 7.14. The van der Waals surface area contributed by atoms with Gasteiger partial charge in [-0.15, -0.1) is 0 Å². The largest absolute Gasteiger partial charge is 0.491 e. The van der Waals surface area contributed by atoms with Crippen LogP contribution in [0.2, 0.25) is 0 Å². The predicted molar refractivity (Wildman–Crippen MR) is 80.6 cm³/mol. The molecule has 0 aromatic heterocycles. The van der Waals surface area contributed by atoms with E-state index in [1.807, 2.05) is 26.0 Å². The Morgan fingerprint density at radius 3 is 2.84 bits per heavy atom. The van der Waals surface area contributed by atoms with Gasteiger partial charge in [0.25, 0.3) is 5.91 Å².